The van der Waals surface area contributed by atoms with Gasteiger partial charge in [-0.1, -0.05) is 24.8 Å². The minimum absolute atomic E-state index is 0.0216. The number of halogens is 1. The van der Waals surface area contributed by atoms with E-state index in [2.05, 4.69) is 21.9 Å². The van der Waals surface area contributed by atoms with Crippen LogP contribution in [0.15, 0.2) is 67.5 Å². The molecule has 0 aliphatic rings. The summed E-state index contributed by atoms with van der Waals surface area (Å²) < 4.78 is 13.7. The van der Waals surface area contributed by atoms with E-state index in [4.69, 9.17) is 11.1 Å². The van der Waals surface area contributed by atoms with Gasteiger partial charge >= 0.3 is 0 Å². The van der Waals surface area contributed by atoms with Crippen molar-refractivity contribution in [2.45, 2.75) is 0 Å². The van der Waals surface area contributed by atoms with Crippen LogP contribution in [-0.4, -0.2) is 39.8 Å². The van der Waals surface area contributed by atoms with Crippen LogP contribution in [0.1, 0.15) is 11.1 Å². The Bertz CT molecular complexity index is 1100. The zero-order valence-corrected chi connectivity index (χ0v) is 16.5. The lowest BCUT2D eigenvalue weighted by Gasteiger charge is -2.22. The number of benzene rings is 2. The summed E-state index contributed by atoms with van der Waals surface area (Å²) in [7, 11) is 0. The Hall–Kier alpha value is -4.27. The quantitative estimate of drug-likeness (QED) is 0.328. The van der Waals surface area contributed by atoms with Crippen molar-refractivity contribution in [1.29, 1.82) is 5.41 Å². The van der Waals surface area contributed by atoms with Crippen molar-refractivity contribution < 1.29 is 14.3 Å². The zero-order valence-electron chi connectivity index (χ0n) is 16.5. The molecule has 0 saturated heterocycles. The van der Waals surface area contributed by atoms with Crippen molar-refractivity contribution >= 4 is 28.9 Å². The van der Waals surface area contributed by atoms with Gasteiger partial charge in [0.1, 0.15) is 29.5 Å². The van der Waals surface area contributed by atoms with Gasteiger partial charge in [-0.2, -0.15) is 0 Å². The van der Waals surface area contributed by atoms with Crippen molar-refractivity contribution in [1.82, 2.24) is 9.97 Å². The molecule has 1 heterocycles. The minimum Gasteiger partial charge on any atom is -0.508 e. The van der Waals surface area contributed by atoms with Crippen molar-refractivity contribution in [3.63, 3.8) is 0 Å². The number of anilines is 3. The molecule has 0 spiro atoms. The van der Waals surface area contributed by atoms with Gasteiger partial charge < -0.3 is 21.1 Å². The van der Waals surface area contributed by atoms with Gasteiger partial charge in [0.15, 0.2) is 0 Å². The summed E-state index contributed by atoms with van der Waals surface area (Å²) in [5.74, 6) is -0.996. The fourth-order valence-electron chi connectivity index (χ4n) is 3.01. The third kappa shape index (κ3) is 5.02. The zero-order chi connectivity index (χ0) is 22.4. The first-order valence-electron chi connectivity index (χ1n) is 9.33. The van der Waals surface area contributed by atoms with Crippen LogP contribution in [0, 0.1) is 11.2 Å². The van der Waals surface area contributed by atoms with E-state index in [9.17, 15) is 14.3 Å². The average molecular weight is 420 g/mol. The SMILES string of the molecule is C=CC(=O)N(CCNc1ncnc(N)c1C(=N)c1cc(O)cc(F)c1)c1ccccc1. The molecular weight excluding hydrogens is 399 g/mol. The van der Waals surface area contributed by atoms with E-state index in [-0.39, 0.29) is 53.2 Å². The number of aromatic hydroxyl groups is 1. The second kappa shape index (κ2) is 9.49. The smallest absolute Gasteiger partial charge is 0.250 e. The monoisotopic (exact) mass is 420 g/mol. The van der Waals surface area contributed by atoms with Crippen LogP contribution < -0.4 is 16.0 Å². The van der Waals surface area contributed by atoms with Gasteiger partial charge in [0.05, 0.1) is 11.3 Å². The van der Waals surface area contributed by atoms with E-state index in [1.54, 1.807) is 4.90 Å². The van der Waals surface area contributed by atoms with E-state index >= 15 is 0 Å². The third-order valence-corrected chi connectivity index (χ3v) is 4.43. The number of para-hydroxylation sites is 1. The van der Waals surface area contributed by atoms with Gasteiger partial charge in [0.2, 0.25) is 5.91 Å². The van der Waals surface area contributed by atoms with Crippen molar-refractivity contribution in [2.75, 3.05) is 29.0 Å². The molecule has 0 aliphatic heterocycles. The predicted octanol–water partition coefficient (Wildman–Crippen LogP) is 2.95. The van der Waals surface area contributed by atoms with Crippen molar-refractivity contribution in [3.05, 3.63) is 84.5 Å². The van der Waals surface area contributed by atoms with E-state index in [0.29, 0.717) is 5.69 Å². The van der Waals surface area contributed by atoms with E-state index in [1.165, 1.54) is 18.5 Å². The summed E-state index contributed by atoms with van der Waals surface area (Å²) in [5, 5.41) is 21.2. The van der Waals surface area contributed by atoms with Crippen LogP contribution in [0.25, 0.3) is 0 Å². The number of hydrogen-bond acceptors (Lipinski definition) is 7. The van der Waals surface area contributed by atoms with Crippen LogP contribution in [0.2, 0.25) is 0 Å². The third-order valence-electron chi connectivity index (χ3n) is 4.43. The molecule has 0 bridgehead atoms. The number of rotatable bonds is 8. The first-order chi connectivity index (χ1) is 14.9. The van der Waals surface area contributed by atoms with Crippen LogP contribution in [0.5, 0.6) is 5.75 Å². The van der Waals surface area contributed by atoms with Gasteiger partial charge in [-0.3, -0.25) is 10.2 Å². The molecule has 158 valence electrons. The number of amides is 1. The number of nitrogens with two attached hydrogens (primary N) is 1. The molecule has 0 fully saturated rings. The summed E-state index contributed by atoms with van der Waals surface area (Å²) in [4.78, 5) is 21.9. The molecule has 0 unspecified atom stereocenters. The number of carbonyl (C=O) groups excluding carboxylic acids is 1. The Labute approximate surface area is 178 Å². The fourth-order valence-corrected chi connectivity index (χ4v) is 3.01. The molecule has 0 saturated carbocycles. The van der Waals surface area contributed by atoms with Gasteiger partial charge in [-0.25, -0.2) is 14.4 Å². The van der Waals surface area contributed by atoms with Crippen LogP contribution in [-0.2, 0) is 4.79 Å². The highest BCUT2D eigenvalue weighted by Crippen LogP contribution is 2.24. The lowest BCUT2D eigenvalue weighted by atomic mass is 10.0. The molecule has 0 atom stereocenters. The Balaban J connectivity index is 1.82. The molecule has 2 aromatic carbocycles. The number of phenolic OH excluding ortho intramolecular Hbond substituents is 1. The summed E-state index contributed by atoms with van der Waals surface area (Å²) in [6.45, 7) is 4.10. The van der Waals surface area contributed by atoms with Gasteiger partial charge in [0.25, 0.3) is 0 Å². The largest absolute Gasteiger partial charge is 0.508 e. The molecular formula is C22H21FN6O2. The molecule has 3 aromatic rings. The molecule has 9 heteroatoms. The number of nitrogen functional groups attached to an aromatic ring is 1. The van der Waals surface area contributed by atoms with Crippen LogP contribution in [0.4, 0.5) is 21.7 Å². The summed E-state index contributed by atoms with van der Waals surface area (Å²) in [5.41, 5.74) is 6.80. The maximum atomic E-state index is 13.7. The number of carbonyl (C=O) groups is 1. The Morgan fingerprint density at radius 2 is 2.00 bits per heavy atom. The molecule has 0 radical (unpaired) electrons. The Morgan fingerprint density at radius 3 is 2.68 bits per heavy atom. The second-order valence-electron chi connectivity index (χ2n) is 6.51. The average Bonchev–Trinajstić information content (AvgIpc) is 2.76. The number of phenols is 1. The number of aromatic nitrogens is 2. The molecule has 31 heavy (non-hydrogen) atoms. The summed E-state index contributed by atoms with van der Waals surface area (Å²) in [6.07, 6.45) is 2.47. The number of hydrogen-bond donors (Lipinski definition) is 4. The number of nitrogens with zero attached hydrogens (tertiary/aromatic N) is 3. The summed E-state index contributed by atoms with van der Waals surface area (Å²) >= 11 is 0. The van der Waals surface area contributed by atoms with Gasteiger partial charge in [0, 0.05) is 30.4 Å². The van der Waals surface area contributed by atoms with Gasteiger partial charge in [-0.15, -0.1) is 0 Å². The molecule has 3 rings (SSSR count). The molecule has 5 N–H and O–H groups in total. The highest BCUT2D eigenvalue weighted by atomic mass is 19.1. The normalized spacial score (nSPS) is 10.4. The van der Waals surface area contributed by atoms with E-state index < -0.39 is 5.82 Å². The predicted molar refractivity (Wildman–Crippen MR) is 118 cm³/mol. The second-order valence-corrected chi connectivity index (χ2v) is 6.51. The minimum atomic E-state index is -0.689. The lowest BCUT2D eigenvalue weighted by molar-refractivity contribution is -0.114. The summed E-state index contributed by atoms with van der Waals surface area (Å²) in [6, 6.07) is 12.4. The Morgan fingerprint density at radius 1 is 1.26 bits per heavy atom. The highest BCUT2D eigenvalue weighted by Gasteiger charge is 2.18. The number of nitrogens with one attached hydrogen (secondary N) is 2. The van der Waals surface area contributed by atoms with Gasteiger partial charge in [-0.05, 0) is 30.3 Å². The van der Waals surface area contributed by atoms with Crippen LogP contribution >= 0.6 is 0 Å². The molecule has 1 aromatic heterocycles. The molecule has 8 nitrogen and oxygen atoms in total. The Kier molecular flexibility index (Phi) is 6.56. The highest BCUT2D eigenvalue weighted by molar-refractivity contribution is 6.16. The lowest BCUT2D eigenvalue weighted by Crippen LogP contribution is -2.34. The standard InChI is InChI=1S/C22H21FN6O2/c1-2-18(31)29(16-6-4-3-5-7-16)9-8-26-22-19(21(25)27-13-28-22)20(24)14-10-15(23)12-17(30)11-14/h2-7,10-13,24,30H,1,8-9H2,(H3,25,26,27,28). The maximum absolute atomic E-state index is 13.7. The molecule has 1 amide bonds. The van der Waals surface area contributed by atoms with E-state index in [0.717, 1.165) is 12.1 Å². The maximum Gasteiger partial charge on any atom is 0.250 e. The van der Waals surface area contributed by atoms with Crippen molar-refractivity contribution in [3.8, 4) is 5.75 Å². The first kappa shape index (κ1) is 21.4. The first-order valence-corrected chi connectivity index (χ1v) is 9.33. The van der Waals surface area contributed by atoms with Crippen LogP contribution in [0.3, 0.4) is 0 Å². The fraction of sp³-hybridized carbons (Fsp3) is 0.0909. The van der Waals surface area contributed by atoms with Crippen molar-refractivity contribution in [2.24, 2.45) is 0 Å². The molecule has 0 aliphatic carbocycles. The van der Waals surface area contributed by atoms with E-state index in [1.807, 2.05) is 30.3 Å². The topological polar surface area (TPSA) is 128 Å².